The molecule has 1 saturated heterocycles. The van der Waals surface area contributed by atoms with Crippen molar-refractivity contribution < 1.29 is 14.4 Å². The van der Waals surface area contributed by atoms with Gasteiger partial charge >= 0.3 is 6.03 Å². The van der Waals surface area contributed by atoms with Gasteiger partial charge in [-0.2, -0.15) is 5.01 Å². The van der Waals surface area contributed by atoms with Gasteiger partial charge < -0.3 is 5.32 Å². The molecule has 1 unspecified atom stereocenters. The van der Waals surface area contributed by atoms with Gasteiger partial charge in [0.05, 0.1) is 11.4 Å². The number of carbonyl (C=O) groups excluding carboxylic acids is 3. The summed E-state index contributed by atoms with van der Waals surface area (Å²) in [4.78, 5) is 41.4. The van der Waals surface area contributed by atoms with Crippen molar-refractivity contribution >= 4 is 29.6 Å². The molecule has 170 valence electrons. The van der Waals surface area contributed by atoms with E-state index in [1.807, 2.05) is 47.9 Å². The van der Waals surface area contributed by atoms with E-state index in [1.165, 1.54) is 0 Å². The zero-order chi connectivity index (χ0) is 23.6. The molecule has 10 nitrogen and oxygen atoms in total. The number of para-hydroxylation sites is 1. The number of carbonyl (C=O) groups is 3. The first kappa shape index (κ1) is 22.5. The molecule has 2 N–H and O–H groups in total. The minimum atomic E-state index is -1.03. The second kappa shape index (κ2) is 9.02. The fourth-order valence-electron chi connectivity index (χ4n) is 3.39. The van der Waals surface area contributed by atoms with Crippen LogP contribution in [0.5, 0.6) is 0 Å². The Morgan fingerprint density at radius 2 is 1.97 bits per heavy atom. The van der Waals surface area contributed by atoms with Crippen molar-refractivity contribution in [2.75, 3.05) is 5.75 Å². The monoisotopic (exact) mass is 465 g/mol. The number of aryl methyl sites for hydroxylation is 1. The molecule has 4 amide bonds. The summed E-state index contributed by atoms with van der Waals surface area (Å²) in [5.74, 6) is -0.480. The summed E-state index contributed by atoms with van der Waals surface area (Å²) in [5.41, 5.74) is 4.02. The summed E-state index contributed by atoms with van der Waals surface area (Å²) in [5, 5.41) is 12.5. The van der Waals surface area contributed by atoms with E-state index in [9.17, 15) is 14.4 Å². The van der Waals surface area contributed by atoms with Crippen LogP contribution in [0.4, 0.5) is 4.79 Å². The van der Waals surface area contributed by atoms with Gasteiger partial charge in [-0.05, 0) is 44.0 Å². The zero-order valence-corrected chi connectivity index (χ0v) is 19.2. The van der Waals surface area contributed by atoms with Crippen LogP contribution >= 0.6 is 11.8 Å². The van der Waals surface area contributed by atoms with Gasteiger partial charge in [0.2, 0.25) is 5.91 Å². The lowest BCUT2D eigenvalue weighted by Gasteiger charge is -2.19. The number of urea groups is 1. The molecule has 11 heteroatoms. The average molecular weight is 466 g/mol. The lowest BCUT2D eigenvalue weighted by atomic mass is 10.00. The van der Waals surface area contributed by atoms with E-state index in [-0.39, 0.29) is 5.75 Å². The number of pyridine rings is 1. The van der Waals surface area contributed by atoms with Crippen molar-refractivity contribution in [2.45, 2.75) is 37.9 Å². The Morgan fingerprint density at radius 1 is 1.18 bits per heavy atom. The average Bonchev–Trinajstić information content (AvgIpc) is 3.33. The molecule has 1 aliphatic rings. The van der Waals surface area contributed by atoms with E-state index in [2.05, 4.69) is 25.9 Å². The molecule has 0 bridgehead atoms. The van der Waals surface area contributed by atoms with Gasteiger partial charge in [-0.3, -0.25) is 24.6 Å². The molecule has 1 aromatic carbocycles. The molecule has 1 fully saturated rings. The van der Waals surface area contributed by atoms with Crippen LogP contribution in [-0.2, 0) is 9.59 Å². The van der Waals surface area contributed by atoms with Crippen molar-refractivity contribution in [3.8, 4) is 17.1 Å². The number of thioether (sulfide) groups is 1. The van der Waals surface area contributed by atoms with Gasteiger partial charge in [0.25, 0.3) is 5.91 Å². The molecule has 1 atom stereocenters. The van der Waals surface area contributed by atoms with Crippen molar-refractivity contribution in [2.24, 2.45) is 0 Å². The highest BCUT2D eigenvalue weighted by molar-refractivity contribution is 7.99. The molecular formula is C22H23N7O3S. The van der Waals surface area contributed by atoms with E-state index < -0.39 is 23.4 Å². The van der Waals surface area contributed by atoms with Crippen LogP contribution in [0.15, 0.2) is 53.9 Å². The summed E-state index contributed by atoms with van der Waals surface area (Å²) in [7, 11) is 0. The van der Waals surface area contributed by atoms with Crippen molar-refractivity contribution in [1.82, 2.24) is 35.5 Å². The number of hydrogen-bond acceptors (Lipinski definition) is 7. The third-order valence-corrected chi connectivity index (χ3v) is 6.38. The van der Waals surface area contributed by atoms with E-state index in [0.717, 1.165) is 33.6 Å². The lowest BCUT2D eigenvalue weighted by Crippen LogP contribution is -2.49. The summed E-state index contributed by atoms with van der Waals surface area (Å²) >= 11 is 1.15. The first-order valence-electron chi connectivity index (χ1n) is 10.3. The van der Waals surface area contributed by atoms with Crippen LogP contribution in [-0.4, -0.2) is 53.9 Å². The number of nitrogens with zero attached hydrogens (tertiary/aromatic N) is 5. The second-order valence-corrected chi connectivity index (χ2v) is 8.69. The summed E-state index contributed by atoms with van der Waals surface area (Å²) in [6.45, 7) is 5.39. The first-order chi connectivity index (χ1) is 15.8. The molecule has 33 heavy (non-hydrogen) atoms. The van der Waals surface area contributed by atoms with Crippen LogP contribution in [0.2, 0.25) is 0 Å². The number of imide groups is 1. The van der Waals surface area contributed by atoms with Crippen LogP contribution in [0.25, 0.3) is 17.1 Å². The highest BCUT2D eigenvalue weighted by Crippen LogP contribution is 2.29. The van der Waals surface area contributed by atoms with E-state index in [4.69, 9.17) is 0 Å². The Hall–Kier alpha value is -3.73. The molecule has 3 heterocycles. The summed E-state index contributed by atoms with van der Waals surface area (Å²) < 4.78 is 1.87. The maximum absolute atomic E-state index is 12.6. The predicted molar refractivity (Wildman–Crippen MR) is 122 cm³/mol. The van der Waals surface area contributed by atoms with E-state index >= 15 is 0 Å². The highest BCUT2D eigenvalue weighted by Gasteiger charge is 2.47. The Morgan fingerprint density at radius 3 is 2.64 bits per heavy atom. The Balaban J connectivity index is 1.56. The van der Waals surface area contributed by atoms with Gasteiger partial charge in [-0.25, -0.2) is 4.79 Å². The number of aromatic nitrogens is 4. The molecule has 0 aliphatic carbocycles. The van der Waals surface area contributed by atoms with Gasteiger partial charge in [-0.15, -0.1) is 10.2 Å². The number of benzene rings is 1. The second-order valence-electron chi connectivity index (χ2n) is 7.75. The normalized spacial score (nSPS) is 17.8. The smallest absolute Gasteiger partial charge is 0.322 e. The lowest BCUT2D eigenvalue weighted by molar-refractivity contribution is -0.137. The Kier molecular flexibility index (Phi) is 6.14. The molecule has 2 aromatic heterocycles. The molecule has 3 aromatic rings. The minimum absolute atomic E-state index is 0.0725. The topological polar surface area (TPSA) is 122 Å². The van der Waals surface area contributed by atoms with E-state index in [1.54, 1.807) is 26.2 Å². The van der Waals surface area contributed by atoms with Gasteiger partial charge in [0, 0.05) is 18.0 Å². The summed E-state index contributed by atoms with van der Waals surface area (Å²) in [6, 6.07) is 10.8. The van der Waals surface area contributed by atoms with Crippen LogP contribution in [0.1, 0.15) is 25.8 Å². The summed E-state index contributed by atoms with van der Waals surface area (Å²) in [6.07, 6.45) is 3.79. The van der Waals surface area contributed by atoms with Gasteiger partial charge in [0.1, 0.15) is 5.54 Å². The van der Waals surface area contributed by atoms with Crippen LogP contribution in [0, 0.1) is 6.92 Å². The Bertz CT molecular complexity index is 1210. The maximum atomic E-state index is 12.6. The Labute approximate surface area is 194 Å². The first-order valence-corrected chi connectivity index (χ1v) is 11.3. The maximum Gasteiger partial charge on any atom is 0.344 e. The fraction of sp³-hybridized carbons (Fsp3) is 0.273. The number of hydrazine groups is 1. The van der Waals surface area contributed by atoms with Gasteiger partial charge in [-0.1, -0.05) is 36.9 Å². The standard InChI is InChI=1S/C22H23N7O3S/c1-4-22(3)19(31)29(20(32)24-22)27-17(30)13-33-21-26-25-18(15-9-7-11-23-12-15)28(21)16-10-6-5-8-14(16)2/h5-12H,4,13H2,1-3H3,(H,24,32)(H,27,30). The predicted octanol–water partition coefficient (Wildman–Crippen LogP) is 2.48. The number of hydrogen-bond donors (Lipinski definition) is 2. The molecule has 4 rings (SSSR count). The van der Waals surface area contributed by atoms with Crippen molar-refractivity contribution in [3.05, 3.63) is 54.4 Å². The number of rotatable bonds is 7. The van der Waals surface area contributed by atoms with E-state index in [0.29, 0.717) is 17.4 Å². The molecular weight excluding hydrogens is 442 g/mol. The molecule has 0 saturated carbocycles. The third kappa shape index (κ3) is 4.31. The zero-order valence-electron chi connectivity index (χ0n) is 18.4. The highest BCUT2D eigenvalue weighted by atomic mass is 32.2. The van der Waals surface area contributed by atoms with Crippen molar-refractivity contribution in [1.29, 1.82) is 0 Å². The number of amides is 4. The molecule has 0 radical (unpaired) electrons. The van der Waals surface area contributed by atoms with Crippen LogP contribution in [0.3, 0.4) is 0 Å². The third-order valence-electron chi connectivity index (χ3n) is 5.45. The SMILES string of the molecule is CCC1(C)NC(=O)N(NC(=O)CSc2nnc(-c3cccnc3)n2-c2ccccc2C)C1=O. The van der Waals surface area contributed by atoms with Crippen LogP contribution < -0.4 is 10.7 Å². The largest absolute Gasteiger partial charge is 0.344 e. The fourth-order valence-corrected chi connectivity index (χ4v) is 4.13. The van der Waals surface area contributed by atoms with Crippen molar-refractivity contribution in [3.63, 3.8) is 0 Å². The quantitative estimate of drug-likeness (QED) is 0.406. The van der Waals surface area contributed by atoms with Gasteiger partial charge in [0.15, 0.2) is 11.0 Å². The minimum Gasteiger partial charge on any atom is -0.322 e. The number of nitrogens with one attached hydrogen (secondary N) is 2. The molecule has 0 spiro atoms. The molecule has 1 aliphatic heterocycles.